The van der Waals surface area contributed by atoms with Crippen molar-refractivity contribution in [3.63, 3.8) is 0 Å². The SMILES string of the molecule is CC(C)c1ccc(CN(C2CC2)S(=O)(=O)c2cccc(S(C)(=O)=O)c2)cc1. The molecular formula is C20H25NO4S2. The molecule has 146 valence electrons. The molecule has 0 heterocycles. The smallest absolute Gasteiger partial charge is 0.224 e. The van der Waals surface area contributed by atoms with Crippen molar-refractivity contribution in [3.8, 4) is 0 Å². The van der Waals surface area contributed by atoms with E-state index in [1.165, 1.54) is 34.1 Å². The zero-order chi connectivity index (χ0) is 19.8. The minimum atomic E-state index is -3.78. The van der Waals surface area contributed by atoms with Crippen molar-refractivity contribution in [3.05, 3.63) is 59.7 Å². The number of sulfonamides is 1. The molecule has 3 rings (SSSR count). The molecule has 27 heavy (non-hydrogen) atoms. The van der Waals surface area contributed by atoms with Gasteiger partial charge in [0, 0.05) is 18.8 Å². The first kappa shape index (κ1) is 20.0. The standard InChI is InChI=1S/C20H25NO4S2/c1-15(2)17-9-7-16(8-10-17)14-21(18-11-12-18)27(24,25)20-6-4-5-19(13-20)26(3,22)23/h4-10,13,15,18H,11-12,14H2,1-3H3. The topological polar surface area (TPSA) is 71.5 Å². The highest BCUT2D eigenvalue weighted by Crippen LogP contribution is 2.34. The first-order valence-electron chi connectivity index (χ1n) is 9.00. The lowest BCUT2D eigenvalue weighted by atomic mass is 10.0. The van der Waals surface area contributed by atoms with Crippen LogP contribution in [0.1, 0.15) is 43.7 Å². The third-order valence-electron chi connectivity index (χ3n) is 4.78. The van der Waals surface area contributed by atoms with Crippen molar-refractivity contribution in [1.29, 1.82) is 0 Å². The summed E-state index contributed by atoms with van der Waals surface area (Å²) < 4.78 is 51.5. The molecule has 0 aromatic heterocycles. The minimum Gasteiger partial charge on any atom is -0.224 e. The van der Waals surface area contributed by atoms with E-state index < -0.39 is 19.9 Å². The molecule has 0 unspecified atom stereocenters. The Hall–Kier alpha value is -1.70. The Bertz CT molecular complexity index is 1020. The Labute approximate surface area is 162 Å². The summed E-state index contributed by atoms with van der Waals surface area (Å²) >= 11 is 0. The number of rotatable bonds is 7. The van der Waals surface area contributed by atoms with E-state index in [2.05, 4.69) is 13.8 Å². The van der Waals surface area contributed by atoms with Gasteiger partial charge in [0.2, 0.25) is 10.0 Å². The zero-order valence-electron chi connectivity index (χ0n) is 15.8. The molecular weight excluding hydrogens is 382 g/mol. The summed E-state index contributed by atoms with van der Waals surface area (Å²) in [7, 11) is -7.25. The maximum absolute atomic E-state index is 13.2. The van der Waals surface area contributed by atoms with Crippen LogP contribution in [0.25, 0.3) is 0 Å². The second-order valence-corrected chi connectivity index (χ2v) is 11.3. The van der Waals surface area contributed by atoms with Crippen LogP contribution in [0, 0.1) is 0 Å². The molecule has 0 atom stereocenters. The predicted octanol–water partition coefficient (Wildman–Crippen LogP) is 3.57. The van der Waals surface area contributed by atoms with Crippen LogP contribution in [0.3, 0.4) is 0 Å². The summed E-state index contributed by atoms with van der Waals surface area (Å²) in [5, 5.41) is 0. The number of hydrogen-bond acceptors (Lipinski definition) is 4. The highest BCUT2D eigenvalue weighted by Gasteiger charge is 2.38. The van der Waals surface area contributed by atoms with E-state index in [-0.39, 0.29) is 22.4 Å². The Morgan fingerprint density at radius 1 is 0.963 bits per heavy atom. The van der Waals surface area contributed by atoms with Crippen molar-refractivity contribution < 1.29 is 16.8 Å². The van der Waals surface area contributed by atoms with Crippen LogP contribution in [0.2, 0.25) is 0 Å². The molecule has 1 fully saturated rings. The highest BCUT2D eigenvalue weighted by atomic mass is 32.2. The molecule has 0 amide bonds. The second-order valence-electron chi connectivity index (χ2n) is 7.42. The summed E-state index contributed by atoms with van der Waals surface area (Å²) in [6.45, 7) is 4.52. The van der Waals surface area contributed by atoms with Gasteiger partial charge in [0.05, 0.1) is 9.79 Å². The van der Waals surface area contributed by atoms with E-state index in [4.69, 9.17) is 0 Å². The molecule has 2 aromatic carbocycles. The van der Waals surface area contributed by atoms with Crippen molar-refractivity contribution in [2.24, 2.45) is 0 Å². The van der Waals surface area contributed by atoms with Gasteiger partial charge in [-0.2, -0.15) is 4.31 Å². The fourth-order valence-electron chi connectivity index (χ4n) is 2.96. The van der Waals surface area contributed by atoms with Gasteiger partial charge in [-0.1, -0.05) is 44.2 Å². The van der Waals surface area contributed by atoms with Crippen LogP contribution < -0.4 is 0 Å². The van der Waals surface area contributed by atoms with Gasteiger partial charge in [-0.3, -0.25) is 0 Å². The minimum absolute atomic E-state index is 0.0145. The maximum atomic E-state index is 13.2. The number of hydrogen-bond donors (Lipinski definition) is 0. The van der Waals surface area contributed by atoms with Gasteiger partial charge in [-0.25, -0.2) is 16.8 Å². The molecule has 0 saturated heterocycles. The van der Waals surface area contributed by atoms with Gasteiger partial charge < -0.3 is 0 Å². The zero-order valence-corrected chi connectivity index (χ0v) is 17.4. The molecule has 1 saturated carbocycles. The molecule has 7 heteroatoms. The van der Waals surface area contributed by atoms with E-state index >= 15 is 0 Å². The lowest BCUT2D eigenvalue weighted by molar-refractivity contribution is 0.398. The van der Waals surface area contributed by atoms with Crippen molar-refractivity contribution in [2.75, 3.05) is 6.26 Å². The predicted molar refractivity (Wildman–Crippen MR) is 106 cm³/mol. The average Bonchev–Trinajstić information content (AvgIpc) is 3.44. The summed E-state index contributed by atoms with van der Waals surface area (Å²) in [5.41, 5.74) is 2.13. The normalized spacial score (nSPS) is 15.4. The molecule has 1 aliphatic carbocycles. The number of benzene rings is 2. The highest BCUT2D eigenvalue weighted by molar-refractivity contribution is 7.91. The van der Waals surface area contributed by atoms with Crippen LogP contribution in [0.15, 0.2) is 58.3 Å². The molecule has 0 spiro atoms. The Morgan fingerprint density at radius 3 is 2.07 bits per heavy atom. The van der Waals surface area contributed by atoms with Gasteiger partial charge in [0.15, 0.2) is 9.84 Å². The van der Waals surface area contributed by atoms with Gasteiger partial charge in [-0.15, -0.1) is 0 Å². The quantitative estimate of drug-likeness (QED) is 0.703. The van der Waals surface area contributed by atoms with E-state index in [0.29, 0.717) is 5.92 Å². The summed E-state index contributed by atoms with van der Waals surface area (Å²) in [6, 6.07) is 13.6. The summed E-state index contributed by atoms with van der Waals surface area (Å²) in [4.78, 5) is 0.0386. The van der Waals surface area contributed by atoms with Gasteiger partial charge in [0.1, 0.15) is 0 Å². The Kier molecular flexibility index (Phi) is 5.47. The Balaban J connectivity index is 1.92. The summed E-state index contributed by atoms with van der Waals surface area (Å²) in [6.07, 6.45) is 2.73. The van der Waals surface area contributed by atoms with Gasteiger partial charge in [0.25, 0.3) is 0 Å². The monoisotopic (exact) mass is 407 g/mol. The first-order chi connectivity index (χ1) is 12.6. The fraction of sp³-hybridized carbons (Fsp3) is 0.400. The Morgan fingerprint density at radius 2 is 1.56 bits per heavy atom. The number of nitrogens with zero attached hydrogens (tertiary/aromatic N) is 1. The van der Waals surface area contributed by atoms with Crippen molar-refractivity contribution in [2.45, 2.75) is 55.0 Å². The number of sulfone groups is 1. The van der Waals surface area contributed by atoms with E-state index in [1.54, 1.807) is 0 Å². The first-order valence-corrected chi connectivity index (χ1v) is 12.3. The van der Waals surface area contributed by atoms with E-state index in [0.717, 1.165) is 24.7 Å². The maximum Gasteiger partial charge on any atom is 0.243 e. The molecule has 0 aliphatic heterocycles. The van der Waals surface area contributed by atoms with E-state index in [9.17, 15) is 16.8 Å². The molecule has 5 nitrogen and oxygen atoms in total. The van der Waals surface area contributed by atoms with Crippen LogP contribution in [-0.2, 0) is 26.4 Å². The average molecular weight is 408 g/mol. The fourth-order valence-corrected chi connectivity index (χ4v) is 5.42. The lowest BCUT2D eigenvalue weighted by Gasteiger charge is -2.22. The van der Waals surface area contributed by atoms with Gasteiger partial charge in [-0.05, 0) is 48.1 Å². The molecule has 0 radical (unpaired) electrons. The molecule has 0 N–H and O–H groups in total. The molecule has 2 aromatic rings. The summed E-state index contributed by atoms with van der Waals surface area (Å²) in [5.74, 6) is 0.418. The lowest BCUT2D eigenvalue weighted by Crippen LogP contribution is -2.32. The largest absolute Gasteiger partial charge is 0.243 e. The van der Waals surface area contributed by atoms with Crippen LogP contribution in [0.4, 0.5) is 0 Å². The second kappa shape index (κ2) is 7.37. The van der Waals surface area contributed by atoms with Crippen molar-refractivity contribution in [1.82, 2.24) is 4.31 Å². The van der Waals surface area contributed by atoms with Gasteiger partial charge >= 0.3 is 0 Å². The molecule has 1 aliphatic rings. The third-order valence-corrected chi connectivity index (χ3v) is 7.78. The third kappa shape index (κ3) is 4.59. The van der Waals surface area contributed by atoms with E-state index in [1.807, 2.05) is 24.3 Å². The van der Waals surface area contributed by atoms with Crippen LogP contribution >= 0.6 is 0 Å². The van der Waals surface area contributed by atoms with Crippen molar-refractivity contribution >= 4 is 19.9 Å². The van der Waals surface area contributed by atoms with Crippen LogP contribution in [0.5, 0.6) is 0 Å². The molecule has 0 bridgehead atoms. The van der Waals surface area contributed by atoms with Crippen LogP contribution in [-0.4, -0.2) is 33.4 Å².